The molecule has 2 aromatic rings. The largest absolute Gasteiger partial charge is 0.395 e. The average molecular weight is 473 g/mol. The Kier molecular flexibility index (Phi) is 6.79. The lowest BCUT2D eigenvalue weighted by atomic mass is 9.88. The van der Waals surface area contributed by atoms with E-state index in [0.29, 0.717) is 13.2 Å². The van der Waals surface area contributed by atoms with E-state index in [-0.39, 0.29) is 0 Å². The van der Waals surface area contributed by atoms with Crippen LogP contribution in [0.15, 0.2) is 22.4 Å². The van der Waals surface area contributed by atoms with E-state index in [0.717, 1.165) is 80.6 Å². The molecule has 0 bridgehead atoms. The number of aryl methyl sites for hydroxylation is 6. The third kappa shape index (κ3) is 4.98. The number of fused-ring (bicyclic) bond motifs is 4. The third-order valence-electron chi connectivity index (χ3n) is 7.85. The van der Waals surface area contributed by atoms with Gasteiger partial charge in [-0.05, 0) is 112 Å². The van der Waals surface area contributed by atoms with E-state index in [9.17, 15) is 0 Å². The maximum atomic E-state index is 5.69. The molecular formula is C29H36N4O2. The molecule has 0 saturated heterocycles. The van der Waals surface area contributed by atoms with E-state index in [1.54, 1.807) is 0 Å². The lowest BCUT2D eigenvalue weighted by Gasteiger charge is -2.22. The lowest BCUT2D eigenvalue weighted by Crippen LogP contribution is -2.19. The lowest BCUT2D eigenvalue weighted by molar-refractivity contribution is 0.0894. The van der Waals surface area contributed by atoms with Crippen molar-refractivity contribution in [1.29, 1.82) is 0 Å². The Bertz CT molecular complexity index is 1060. The van der Waals surface area contributed by atoms with Crippen LogP contribution in [0.4, 0.5) is 0 Å². The van der Waals surface area contributed by atoms with Crippen molar-refractivity contribution in [3.05, 3.63) is 57.2 Å². The van der Waals surface area contributed by atoms with Gasteiger partial charge in [0.1, 0.15) is 24.6 Å². The van der Waals surface area contributed by atoms with Gasteiger partial charge in [-0.25, -0.2) is 0 Å². The van der Waals surface area contributed by atoms with Crippen LogP contribution in [0.25, 0.3) is 0 Å². The summed E-state index contributed by atoms with van der Waals surface area (Å²) >= 11 is 0. The molecule has 2 aromatic heterocycles. The average Bonchev–Trinajstić information content (AvgIpc) is 2.90. The summed E-state index contributed by atoms with van der Waals surface area (Å²) in [6.45, 7) is 1.05. The number of oxime groups is 2. The Balaban J connectivity index is 1.02. The molecule has 0 amide bonds. The second kappa shape index (κ2) is 10.5. The highest BCUT2D eigenvalue weighted by Gasteiger charge is 2.23. The predicted octanol–water partition coefficient (Wildman–Crippen LogP) is 5.44. The number of nitrogens with zero attached hydrogens (tertiary/aromatic N) is 4. The van der Waals surface area contributed by atoms with Crippen LogP contribution in [0.3, 0.4) is 0 Å². The third-order valence-corrected chi connectivity index (χ3v) is 7.85. The molecule has 0 radical (unpaired) electrons. The molecule has 6 rings (SSSR count). The molecule has 6 heteroatoms. The summed E-state index contributed by atoms with van der Waals surface area (Å²) in [5.74, 6) is 0. The quantitative estimate of drug-likeness (QED) is 0.415. The van der Waals surface area contributed by atoms with Gasteiger partial charge in [0.2, 0.25) is 0 Å². The number of aromatic nitrogens is 2. The molecule has 0 aromatic carbocycles. The molecule has 4 aliphatic rings. The smallest absolute Gasteiger partial charge is 0.120 e. The van der Waals surface area contributed by atoms with E-state index < -0.39 is 0 Å². The summed E-state index contributed by atoms with van der Waals surface area (Å²) < 4.78 is 0. The second-order valence-corrected chi connectivity index (χ2v) is 10.4. The molecule has 0 fully saturated rings. The maximum Gasteiger partial charge on any atom is 0.120 e. The highest BCUT2D eigenvalue weighted by atomic mass is 16.6. The highest BCUT2D eigenvalue weighted by molar-refractivity contribution is 6.01. The molecule has 6 nitrogen and oxygen atoms in total. The summed E-state index contributed by atoms with van der Waals surface area (Å²) in [6.07, 6.45) is 16.7. The maximum absolute atomic E-state index is 5.69. The van der Waals surface area contributed by atoms with E-state index in [1.807, 2.05) is 0 Å². The molecule has 4 aliphatic carbocycles. The first-order valence-corrected chi connectivity index (χ1v) is 13.8. The molecule has 0 N–H and O–H groups in total. The summed E-state index contributed by atoms with van der Waals surface area (Å²) in [7, 11) is 0. The van der Waals surface area contributed by atoms with Crippen molar-refractivity contribution < 1.29 is 9.68 Å². The van der Waals surface area contributed by atoms with Crippen molar-refractivity contribution in [2.45, 2.75) is 96.3 Å². The zero-order chi connectivity index (χ0) is 23.5. The van der Waals surface area contributed by atoms with Crippen molar-refractivity contribution >= 4 is 11.4 Å². The van der Waals surface area contributed by atoms with Gasteiger partial charge < -0.3 is 9.68 Å². The van der Waals surface area contributed by atoms with Crippen LogP contribution in [-0.4, -0.2) is 34.6 Å². The van der Waals surface area contributed by atoms with Gasteiger partial charge in [-0.1, -0.05) is 22.4 Å². The summed E-state index contributed by atoms with van der Waals surface area (Å²) in [5.41, 5.74) is 12.3. The Labute approximate surface area is 208 Å². The molecule has 0 unspecified atom stereocenters. The van der Waals surface area contributed by atoms with Gasteiger partial charge in [0.15, 0.2) is 0 Å². The van der Waals surface area contributed by atoms with Crippen molar-refractivity contribution in [2.75, 3.05) is 13.2 Å². The van der Waals surface area contributed by atoms with Crippen molar-refractivity contribution in [3.8, 4) is 0 Å². The summed E-state index contributed by atoms with van der Waals surface area (Å²) in [4.78, 5) is 21.4. The fourth-order valence-corrected chi connectivity index (χ4v) is 5.99. The molecule has 0 saturated carbocycles. The van der Waals surface area contributed by atoms with Gasteiger partial charge in [-0.3, -0.25) is 9.97 Å². The van der Waals surface area contributed by atoms with Gasteiger partial charge >= 0.3 is 0 Å². The topological polar surface area (TPSA) is 69.0 Å². The zero-order valence-electron chi connectivity index (χ0n) is 20.8. The minimum Gasteiger partial charge on any atom is -0.395 e. The van der Waals surface area contributed by atoms with Gasteiger partial charge in [-0.15, -0.1) is 0 Å². The number of hydrogen-bond donors (Lipinski definition) is 0. The Morgan fingerprint density at radius 2 is 1.00 bits per heavy atom. The molecule has 0 atom stereocenters. The first-order chi connectivity index (χ1) is 17.3. The zero-order valence-corrected chi connectivity index (χ0v) is 20.8. The van der Waals surface area contributed by atoms with Crippen LogP contribution >= 0.6 is 0 Å². The highest BCUT2D eigenvalue weighted by Crippen LogP contribution is 2.28. The van der Waals surface area contributed by atoms with E-state index >= 15 is 0 Å². The van der Waals surface area contributed by atoms with Crippen LogP contribution in [-0.2, 0) is 48.2 Å². The van der Waals surface area contributed by atoms with Crippen LogP contribution in [0.1, 0.15) is 103 Å². The number of hydrogen-bond acceptors (Lipinski definition) is 6. The van der Waals surface area contributed by atoms with Gasteiger partial charge in [0, 0.05) is 17.8 Å². The van der Waals surface area contributed by atoms with Crippen LogP contribution in [0.2, 0.25) is 0 Å². The van der Waals surface area contributed by atoms with Gasteiger partial charge in [-0.2, -0.15) is 0 Å². The van der Waals surface area contributed by atoms with Crippen molar-refractivity contribution in [2.24, 2.45) is 10.3 Å². The number of rotatable bonds is 6. The first kappa shape index (κ1) is 22.7. The van der Waals surface area contributed by atoms with E-state index in [1.165, 1.54) is 72.2 Å². The van der Waals surface area contributed by atoms with Crippen LogP contribution < -0.4 is 0 Å². The standard InChI is InChI=1S/C29H36N4O2/c1-3-12-24-20(8-1)18-22-10-5-14-26(28(22)30-24)32-34-16-7-17-35-33-27-15-6-11-23-19-21-9-2-4-13-25(21)31-29(23)27/h18-19H,1-17H2. The molecule has 184 valence electrons. The van der Waals surface area contributed by atoms with Crippen LogP contribution in [0, 0.1) is 0 Å². The Morgan fingerprint density at radius 1 is 0.543 bits per heavy atom. The Hall–Kier alpha value is -2.76. The van der Waals surface area contributed by atoms with Gasteiger partial charge in [0.05, 0.1) is 11.4 Å². The molecule has 2 heterocycles. The fraction of sp³-hybridized carbons (Fsp3) is 0.586. The Morgan fingerprint density at radius 3 is 1.51 bits per heavy atom. The minimum atomic E-state index is 0.525. The number of pyridine rings is 2. The van der Waals surface area contributed by atoms with Crippen LogP contribution in [0.5, 0.6) is 0 Å². The molecule has 0 aliphatic heterocycles. The van der Waals surface area contributed by atoms with E-state index in [4.69, 9.17) is 19.6 Å². The summed E-state index contributed by atoms with van der Waals surface area (Å²) in [6, 6.07) is 4.76. The second-order valence-electron chi connectivity index (χ2n) is 10.4. The molecular weight excluding hydrogens is 436 g/mol. The van der Waals surface area contributed by atoms with E-state index in [2.05, 4.69) is 22.4 Å². The van der Waals surface area contributed by atoms with Crippen molar-refractivity contribution in [3.63, 3.8) is 0 Å². The first-order valence-electron chi connectivity index (χ1n) is 13.8. The molecule has 0 spiro atoms. The minimum absolute atomic E-state index is 0.525. The monoisotopic (exact) mass is 472 g/mol. The summed E-state index contributed by atoms with van der Waals surface area (Å²) in [5, 5.41) is 8.97. The normalized spacial score (nSPS) is 21.1. The van der Waals surface area contributed by atoms with Gasteiger partial charge in [0.25, 0.3) is 0 Å². The van der Waals surface area contributed by atoms with Crippen molar-refractivity contribution in [1.82, 2.24) is 9.97 Å². The SMILES string of the molecule is c1c2c(nc3c1CCCC3=NOCCCON=C1CCCc3cc4c(nc31)CCCC4)CCCC2. The fourth-order valence-electron chi connectivity index (χ4n) is 5.99. The molecule has 35 heavy (non-hydrogen) atoms. The predicted molar refractivity (Wildman–Crippen MR) is 137 cm³/mol.